The van der Waals surface area contributed by atoms with Crippen molar-refractivity contribution in [1.29, 1.82) is 0 Å². The van der Waals surface area contributed by atoms with Crippen molar-refractivity contribution in [3.8, 4) is 0 Å². The lowest BCUT2D eigenvalue weighted by Gasteiger charge is -2.21. The Bertz CT molecular complexity index is 188. The molecule has 0 aliphatic rings. The van der Waals surface area contributed by atoms with Crippen molar-refractivity contribution in [3.05, 3.63) is 0 Å². The largest absolute Gasteiger partial charge is 0.396 e. The summed E-state index contributed by atoms with van der Waals surface area (Å²) in [6.07, 6.45) is 0.617. The molecule has 1 atom stereocenters. The van der Waals surface area contributed by atoms with Crippen LogP contribution in [0.1, 0.15) is 20.3 Å². The molecule has 2 N–H and O–H groups in total. The second-order valence-corrected chi connectivity index (χ2v) is 5.08. The fourth-order valence-electron chi connectivity index (χ4n) is 1.27. The van der Waals surface area contributed by atoms with Gasteiger partial charge in [-0.2, -0.15) is 0 Å². The van der Waals surface area contributed by atoms with Crippen molar-refractivity contribution in [1.82, 2.24) is 5.32 Å². The average molecular weight is 249 g/mol. The fourth-order valence-corrected chi connectivity index (χ4v) is 1.96. The van der Waals surface area contributed by atoms with Gasteiger partial charge in [-0.3, -0.25) is 4.79 Å². The molecule has 0 aliphatic carbocycles. The number of hydrogen-bond acceptors (Lipinski definition) is 4. The van der Waals surface area contributed by atoms with Gasteiger partial charge < -0.3 is 15.2 Å². The standard InChI is InChI=1S/C11H23NO3S/c1-9(2)10(4-5-13)12-11(14)8-16-7-6-15-3/h9-10,13H,4-8H2,1-3H3,(H,12,14). The fraction of sp³-hybridized carbons (Fsp3) is 0.909. The number of carbonyl (C=O) groups is 1. The predicted molar refractivity (Wildman–Crippen MR) is 67.7 cm³/mol. The molecule has 5 heteroatoms. The third kappa shape index (κ3) is 7.96. The quantitative estimate of drug-likeness (QED) is 0.596. The Kier molecular flexibility index (Phi) is 9.77. The van der Waals surface area contributed by atoms with Crippen LogP contribution >= 0.6 is 11.8 Å². The number of aliphatic hydroxyl groups excluding tert-OH is 1. The molecular formula is C11H23NO3S. The second kappa shape index (κ2) is 9.93. The molecule has 0 saturated carbocycles. The van der Waals surface area contributed by atoms with Gasteiger partial charge in [-0.15, -0.1) is 11.8 Å². The van der Waals surface area contributed by atoms with Crippen LogP contribution in [0.25, 0.3) is 0 Å². The first-order valence-electron chi connectivity index (χ1n) is 5.58. The Labute approximate surface area is 102 Å². The van der Waals surface area contributed by atoms with Gasteiger partial charge >= 0.3 is 0 Å². The van der Waals surface area contributed by atoms with Crippen LogP contribution in [-0.2, 0) is 9.53 Å². The van der Waals surface area contributed by atoms with E-state index in [0.717, 1.165) is 5.75 Å². The second-order valence-electron chi connectivity index (χ2n) is 3.98. The Morgan fingerprint density at radius 3 is 2.69 bits per heavy atom. The van der Waals surface area contributed by atoms with Gasteiger partial charge in [-0.05, 0) is 12.3 Å². The van der Waals surface area contributed by atoms with Gasteiger partial charge in [0.25, 0.3) is 0 Å². The number of methoxy groups -OCH3 is 1. The number of ether oxygens (including phenoxy) is 1. The molecule has 0 aromatic rings. The molecule has 1 unspecified atom stereocenters. The number of thioether (sulfide) groups is 1. The smallest absolute Gasteiger partial charge is 0.230 e. The molecule has 1 amide bonds. The number of hydrogen-bond donors (Lipinski definition) is 2. The molecule has 0 aromatic carbocycles. The van der Waals surface area contributed by atoms with Crippen molar-refractivity contribution in [2.24, 2.45) is 5.92 Å². The maximum atomic E-state index is 11.5. The molecule has 0 spiro atoms. The van der Waals surface area contributed by atoms with Gasteiger partial charge in [0.1, 0.15) is 0 Å². The van der Waals surface area contributed by atoms with Gasteiger partial charge in [-0.25, -0.2) is 0 Å². The van der Waals surface area contributed by atoms with Crippen molar-refractivity contribution in [2.45, 2.75) is 26.3 Å². The zero-order valence-electron chi connectivity index (χ0n) is 10.4. The molecule has 0 aromatic heterocycles. The van der Waals surface area contributed by atoms with E-state index >= 15 is 0 Å². The van der Waals surface area contributed by atoms with Crippen LogP contribution in [0.2, 0.25) is 0 Å². The van der Waals surface area contributed by atoms with Gasteiger partial charge in [0, 0.05) is 25.5 Å². The van der Waals surface area contributed by atoms with Crippen molar-refractivity contribution >= 4 is 17.7 Å². The van der Waals surface area contributed by atoms with Crippen LogP contribution < -0.4 is 5.32 Å². The topological polar surface area (TPSA) is 58.6 Å². The highest BCUT2D eigenvalue weighted by Gasteiger charge is 2.15. The minimum atomic E-state index is 0.0354. The Morgan fingerprint density at radius 2 is 2.19 bits per heavy atom. The first-order valence-corrected chi connectivity index (χ1v) is 6.74. The van der Waals surface area contributed by atoms with Crippen LogP contribution in [0.15, 0.2) is 0 Å². The molecule has 16 heavy (non-hydrogen) atoms. The highest BCUT2D eigenvalue weighted by atomic mass is 32.2. The van der Waals surface area contributed by atoms with E-state index in [1.54, 1.807) is 18.9 Å². The molecular weight excluding hydrogens is 226 g/mol. The molecule has 0 bridgehead atoms. The van der Waals surface area contributed by atoms with Crippen molar-refractivity contribution in [2.75, 3.05) is 31.8 Å². The number of carbonyl (C=O) groups excluding carboxylic acids is 1. The Hall–Kier alpha value is -0.260. The molecule has 0 fully saturated rings. The minimum Gasteiger partial charge on any atom is -0.396 e. The van der Waals surface area contributed by atoms with E-state index in [2.05, 4.69) is 5.32 Å². The van der Waals surface area contributed by atoms with E-state index in [1.807, 2.05) is 13.8 Å². The summed E-state index contributed by atoms with van der Waals surface area (Å²) in [7, 11) is 1.65. The lowest BCUT2D eigenvalue weighted by Crippen LogP contribution is -2.40. The number of nitrogens with one attached hydrogen (secondary N) is 1. The third-order valence-corrected chi connectivity index (χ3v) is 3.18. The summed E-state index contributed by atoms with van der Waals surface area (Å²) in [6, 6.07) is 0.0699. The summed E-state index contributed by atoms with van der Waals surface area (Å²) in [5.74, 6) is 1.67. The van der Waals surface area contributed by atoms with Crippen LogP contribution in [0.3, 0.4) is 0 Å². The van der Waals surface area contributed by atoms with E-state index in [0.29, 0.717) is 24.7 Å². The first-order chi connectivity index (χ1) is 7.61. The molecule has 0 radical (unpaired) electrons. The summed E-state index contributed by atoms with van der Waals surface area (Å²) in [5.41, 5.74) is 0. The van der Waals surface area contributed by atoms with E-state index in [4.69, 9.17) is 9.84 Å². The monoisotopic (exact) mass is 249 g/mol. The normalized spacial score (nSPS) is 12.8. The predicted octanol–water partition coefficient (Wildman–Crippen LogP) is 0.889. The Morgan fingerprint density at radius 1 is 1.50 bits per heavy atom. The van der Waals surface area contributed by atoms with E-state index in [9.17, 15) is 4.79 Å². The maximum absolute atomic E-state index is 11.5. The van der Waals surface area contributed by atoms with Crippen molar-refractivity contribution < 1.29 is 14.6 Å². The van der Waals surface area contributed by atoms with Crippen molar-refractivity contribution in [3.63, 3.8) is 0 Å². The summed E-state index contributed by atoms with van der Waals surface area (Å²) >= 11 is 1.56. The molecule has 0 aliphatic heterocycles. The highest BCUT2D eigenvalue weighted by Crippen LogP contribution is 2.06. The van der Waals surface area contributed by atoms with Gasteiger partial charge in [-0.1, -0.05) is 13.8 Å². The number of amides is 1. The van der Waals surface area contributed by atoms with Gasteiger partial charge in [0.15, 0.2) is 0 Å². The maximum Gasteiger partial charge on any atom is 0.230 e. The molecule has 0 rings (SSSR count). The first kappa shape index (κ1) is 15.7. The minimum absolute atomic E-state index is 0.0354. The van der Waals surface area contributed by atoms with E-state index in [1.165, 1.54) is 0 Å². The SMILES string of the molecule is COCCSCC(=O)NC(CCO)C(C)C. The lowest BCUT2D eigenvalue weighted by molar-refractivity contribution is -0.119. The highest BCUT2D eigenvalue weighted by molar-refractivity contribution is 7.99. The summed E-state index contributed by atoms with van der Waals surface area (Å²) in [6.45, 7) is 4.86. The lowest BCUT2D eigenvalue weighted by atomic mass is 10.0. The zero-order chi connectivity index (χ0) is 12.4. The Balaban J connectivity index is 3.73. The van der Waals surface area contributed by atoms with Crippen LogP contribution in [0, 0.1) is 5.92 Å². The summed E-state index contributed by atoms with van der Waals surface area (Å²) < 4.78 is 4.90. The number of rotatable bonds is 9. The van der Waals surface area contributed by atoms with Crippen LogP contribution in [-0.4, -0.2) is 48.9 Å². The summed E-state index contributed by atoms with van der Waals surface area (Å²) in [5, 5.41) is 11.8. The third-order valence-electron chi connectivity index (χ3n) is 2.26. The molecule has 0 saturated heterocycles. The molecule has 0 heterocycles. The zero-order valence-corrected chi connectivity index (χ0v) is 11.2. The van der Waals surface area contributed by atoms with E-state index < -0.39 is 0 Å². The molecule has 4 nitrogen and oxygen atoms in total. The van der Waals surface area contributed by atoms with Crippen LogP contribution in [0.5, 0.6) is 0 Å². The van der Waals surface area contributed by atoms with Crippen LogP contribution in [0.4, 0.5) is 0 Å². The summed E-state index contributed by atoms with van der Waals surface area (Å²) in [4.78, 5) is 11.5. The van der Waals surface area contributed by atoms with Gasteiger partial charge in [0.2, 0.25) is 5.91 Å². The average Bonchev–Trinajstić information content (AvgIpc) is 2.23. The van der Waals surface area contributed by atoms with E-state index in [-0.39, 0.29) is 18.6 Å². The molecule has 96 valence electrons. The number of aliphatic hydroxyl groups is 1. The van der Waals surface area contributed by atoms with Gasteiger partial charge in [0.05, 0.1) is 12.4 Å².